The normalized spacial score (nSPS) is 11.2. The van der Waals surface area contributed by atoms with Gasteiger partial charge in [0.1, 0.15) is 17.8 Å². The van der Waals surface area contributed by atoms with E-state index >= 15 is 0 Å². The SMILES string of the molecule is CC(C)n1cnnc1-c1cccc(NC(=O)n2ccc3cc(N)ccc32)n1. The second kappa shape index (κ2) is 6.56. The molecule has 8 nitrogen and oxygen atoms in total. The number of amides is 1. The summed E-state index contributed by atoms with van der Waals surface area (Å²) in [6.07, 6.45) is 3.38. The molecule has 3 heterocycles. The quantitative estimate of drug-likeness (QED) is 0.543. The second-order valence-corrected chi connectivity index (χ2v) is 6.50. The largest absolute Gasteiger partial charge is 0.399 e. The van der Waals surface area contributed by atoms with Crippen molar-refractivity contribution in [2.45, 2.75) is 19.9 Å². The number of pyridine rings is 1. The van der Waals surface area contributed by atoms with Crippen molar-refractivity contribution in [1.29, 1.82) is 0 Å². The van der Waals surface area contributed by atoms with Crippen LogP contribution in [0.1, 0.15) is 19.9 Å². The number of aromatic nitrogens is 5. The van der Waals surface area contributed by atoms with E-state index in [4.69, 9.17) is 5.73 Å². The van der Waals surface area contributed by atoms with Crippen LogP contribution >= 0.6 is 0 Å². The maximum absolute atomic E-state index is 12.7. The van der Waals surface area contributed by atoms with Crippen molar-refractivity contribution in [1.82, 2.24) is 24.3 Å². The van der Waals surface area contributed by atoms with E-state index in [0.717, 1.165) is 10.9 Å². The number of nitrogens with one attached hydrogen (secondary N) is 1. The predicted molar refractivity (Wildman–Crippen MR) is 104 cm³/mol. The molecule has 0 unspecified atom stereocenters. The van der Waals surface area contributed by atoms with Gasteiger partial charge in [0, 0.05) is 23.3 Å². The van der Waals surface area contributed by atoms with Gasteiger partial charge in [-0.05, 0) is 50.2 Å². The highest BCUT2D eigenvalue weighted by Crippen LogP contribution is 2.21. The minimum Gasteiger partial charge on any atom is -0.399 e. The summed E-state index contributed by atoms with van der Waals surface area (Å²) < 4.78 is 3.46. The molecular formula is C19H19N7O. The second-order valence-electron chi connectivity index (χ2n) is 6.50. The number of rotatable bonds is 3. The summed E-state index contributed by atoms with van der Waals surface area (Å²) in [6.45, 7) is 4.09. The van der Waals surface area contributed by atoms with E-state index in [1.54, 1.807) is 24.7 Å². The Morgan fingerprint density at radius 2 is 2.04 bits per heavy atom. The van der Waals surface area contributed by atoms with Crippen LogP contribution in [0.4, 0.5) is 16.3 Å². The van der Waals surface area contributed by atoms with Crippen LogP contribution in [0.25, 0.3) is 22.4 Å². The first kappa shape index (κ1) is 16.8. The number of carbonyl (C=O) groups excluding carboxylic acids is 1. The topological polar surface area (TPSA) is 104 Å². The number of anilines is 2. The number of fused-ring (bicyclic) bond motifs is 1. The molecular weight excluding hydrogens is 342 g/mol. The van der Waals surface area contributed by atoms with Crippen molar-refractivity contribution in [3.63, 3.8) is 0 Å². The molecule has 3 aromatic heterocycles. The summed E-state index contributed by atoms with van der Waals surface area (Å²) in [7, 11) is 0. The van der Waals surface area contributed by atoms with Gasteiger partial charge < -0.3 is 10.3 Å². The molecule has 0 radical (unpaired) electrons. The van der Waals surface area contributed by atoms with Gasteiger partial charge in [-0.2, -0.15) is 0 Å². The number of hydrogen-bond donors (Lipinski definition) is 2. The maximum Gasteiger partial charge on any atom is 0.331 e. The van der Waals surface area contributed by atoms with Crippen LogP contribution in [0.3, 0.4) is 0 Å². The summed E-state index contributed by atoms with van der Waals surface area (Å²) in [5.74, 6) is 1.09. The van der Waals surface area contributed by atoms with Crippen molar-refractivity contribution in [2.75, 3.05) is 11.1 Å². The van der Waals surface area contributed by atoms with E-state index in [9.17, 15) is 4.79 Å². The summed E-state index contributed by atoms with van der Waals surface area (Å²) in [6, 6.07) is 12.6. The molecule has 27 heavy (non-hydrogen) atoms. The van der Waals surface area contributed by atoms with Gasteiger partial charge in [-0.3, -0.25) is 9.88 Å². The maximum atomic E-state index is 12.7. The number of carbonyl (C=O) groups is 1. The third-order valence-electron chi connectivity index (χ3n) is 4.28. The fraction of sp³-hybridized carbons (Fsp3) is 0.158. The van der Waals surface area contributed by atoms with Gasteiger partial charge in [0.15, 0.2) is 5.82 Å². The fourth-order valence-electron chi connectivity index (χ4n) is 2.94. The number of nitrogens with two attached hydrogens (primary N) is 1. The molecule has 0 fully saturated rings. The zero-order valence-electron chi connectivity index (χ0n) is 15.0. The highest BCUT2D eigenvalue weighted by atomic mass is 16.2. The summed E-state index contributed by atoms with van der Waals surface area (Å²) >= 11 is 0. The van der Waals surface area contributed by atoms with E-state index in [1.807, 2.05) is 48.7 Å². The highest BCUT2D eigenvalue weighted by Gasteiger charge is 2.14. The molecule has 0 aliphatic carbocycles. The van der Waals surface area contributed by atoms with Crippen molar-refractivity contribution < 1.29 is 4.79 Å². The lowest BCUT2D eigenvalue weighted by atomic mass is 10.2. The number of hydrogen-bond acceptors (Lipinski definition) is 5. The standard InChI is InChI=1S/C19H19N7O/c1-12(2)26-11-21-24-18(26)15-4-3-5-17(22-15)23-19(27)25-9-8-13-10-14(20)6-7-16(13)25/h3-12H,20H2,1-2H3,(H,22,23,27). The molecule has 3 N–H and O–H groups in total. The molecule has 1 amide bonds. The average molecular weight is 361 g/mol. The van der Waals surface area contributed by atoms with Gasteiger partial charge in [0.2, 0.25) is 0 Å². The lowest BCUT2D eigenvalue weighted by Gasteiger charge is -2.11. The van der Waals surface area contributed by atoms with Crippen LogP contribution in [0.15, 0.2) is 55.0 Å². The third-order valence-corrected chi connectivity index (χ3v) is 4.28. The minimum atomic E-state index is -0.301. The molecule has 0 aliphatic rings. The zero-order chi connectivity index (χ0) is 19.0. The molecule has 0 aliphatic heterocycles. The van der Waals surface area contributed by atoms with Crippen LogP contribution in [0.5, 0.6) is 0 Å². The molecule has 0 saturated heterocycles. The summed E-state index contributed by atoms with van der Waals surface area (Å²) in [5.41, 5.74) is 7.87. The van der Waals surface area contributed by atoms with E-state index in [1.165, 1.54) is 4.57 Å². The smallest absolute Gasteiger partial charge is 0.331 e. The molecule has 0 bridgehead atoms. The monoisotopic (exact) mass is 361 g/mol. The molecule has 4 aromatic rings. The minimum absolute atomic E-state index is 0.203. The van der Waals surface area contributed by atoms with Crippen molar-refractivity contribution >= 4 is 28.4 Å². The molecule has 4 rings (SSSR count). The van der Waals surface area contributed by atoms with Gasteiger partial charge in [0.25, 0.3) is 0 Å². The lowest BCUT2D eigenvalue weighted by Crippen LogP contribution is -2.19. The third kappa shape index (κ3) is 3.12. The van der Waals surface area contributed by atoms with E-state index < -0.39 is 0 Å². The van der Waals surface area contributed by atoms with E-state index in [0.29, 0.717) is 23.0 Å². The number of nitrogen functional groups attached to an aromatic ring is 1. The Labute approximate surface area is 155 Å². The Bertz CT molecular complexity index is 1130. The van der Waals surface area contributed by atoms with Crippen molar-refractivity contribution in [3.05, 3.63) is 55.0 Å². The molecule has 1 aromatic carbocycles. The van der Waals surface area contributed by atoms with Gasteiger partial charge in [-0.25, -0.2) is 9.78 Å². The van der Waals surface area contributed by atoms with Gasteiger partial charge >= 0.3 is 6.03 Å². The molecule has 0 spiro atoms. The van der Waals surface area contributed by atoms with Crippen molar-refractivity contribution in [3.8, 4) is 11.5 Å². The lowest BCUT2D eigenvalue weighted by molar-refractivity contribution is 0.254. The van der Waals surface area contributed by atoms with Gasteiger partial charge in [0.05, 0.1) is 5.52 Å². The van der Waals surface area contributed by atoms with E-state index in [-0.39, 0.29) is 12.1 Å². The van der Waals surface area contributed by atoms with Gasteiger partial charge in [-0.1, -0.05) is 6.07 Å². The molecule has 136 valence electrons. The zero-order valence-corrected chi connectivity index (χ0v) is 15.0. The van der Waals surface area contributed by atoms with Crippen molar-refractivity contribution in [2.24, 2.45) is 0 Å². The summed E-state index contributed by atoms with van der Waals surface area (Å²) in [5, 5.41) is 11.8. The van der Waals surface area contributed by atoms with Crippen LogP contribution in [-0.4, -0.2) is 30.3 Å². The number of nitrogens with zero attached hydrogens (tertiary/aromatic N) is 5. The first-order chi connectivity index (χ1) is 13.0. The fourth-order valence-corrected chi connectivity index (χ4v) is 2.94. The average Bonchev–Trinajstić information content (AvgIpc) is 3.28. The summed E-state index contributed by atoms with van der Waals surface area (Å²) in [4.78, 5) is 17.2. The Balaban J connectivity index is 1.63. The van der Waals surface area contributed by atoms with Crippen LogP contribution < -0.4 is 11.1 Å². The first-order valence-electron chi connectivity index (χ1n) is 8.58. The Hall–Kier alpha value is -3.68. The Morgan fingerprint density at radius 1 is 1.19 bits per heavy atom. The van der Waals surface area contributed by atoms with Crippen LogP contribution in [0, 0.1) is 0 Å². The van der Waals surface area contributed by atoms with Gasteiger partial charge in [-0.15, -0.1) is 10.2 Å². The Morgan fingerprint density at radius 3 is 2.85 bits per heavy atom. The molecule has 0 saturated carbocycles. The predicted octanol–water partition coefficient (Wildman–Crippen LogP) is 3.54. The molecule has 0 atom stereocenters. The van der Waals surface area contributed by atoms with Crippen LogP contribution in [-0.2, 0) is 0 Å². The number of benzene rings is 1. The Kier molecular flexibility index (Phi) is 4.08. The van der Waals surface area contributed by atoms with Crippen LogP contribution in [0.2, 0.25) is 0 Å². The first-order valence-corrected chi connectivity index (χ1v) is 8.58. The van der Waals surface area contributed by atoms with E-state index in [2.05, 4.69) is 20.5 Å². The molecule has 8 heteroatoms. The highest BCUT2D eigenvalue weighted by molar-refractivity contribution is 5.98.